The van der Waals surface area contributed by atoms with Crippen LogP contribution in [0.15, 0.2) is 18.3 Å². The maximum Gasteiger partial charge on any atom is 0.387 e. The van der Waals surface area contributed by atoms with Crippen LogP contribution in [0.1, 0.15) is 30.1 Å². The van der Waals surface area contributed by atoms with Crippen molar-refractivity contribution in [1.29, 1.82) is 0 Å². The number of alkyl halides is 2. The summed E-state index contributed by atoms with van der Waals surface area (Å²) in [5, 5.41) is 3.20. The summed E-state index contributed by atoms with van der Waals surface area (Å²) in [4.78, 5) is 15.0. The average molecular weight is 312 g/mol. The van der Waals surface area contributed by atoms with E-state index in [1.54, 1.807) is 0 Å². The van der Waals surface area contributed by atoms with E-state index in [0.717, 1.165) is 25.0 Å². The second-order valence-electron chi connectivity index (χ2n) is 5.51. The third-order valence-electron chi connectivity index (χ3n) is 3.88. The number of H-pyrrole nitrogens is 1. The fourth-order valence-electron chi connectivity index (χ4n) is 2.50. The number of halogens is 3. The standard InChI is InChI=1S/C15H15F3N2O2/c1-7(8-2-3-8)20-14(21)10-6-19-12-5-13(22-15(17)18)11(16)4-9(10)12/h4-8,15,19H,2-3H2,1H3,(H,20,21)/t7-/m1/s1. The molecule has 0 saturated heterocycles. The molecule has 118 valence electrons. The summed E-state index contributed by atoms with van der Waals surface area (Å²) in [5.41, 5.74) is 0.645. The van der Waals surface area contributed by atoms with Crippen molar-refractivity contribution < 1.29 is 22.7 Å². The van der Waals surface area contributed by atoms with E-state index in [0.29, 0.717) is 16.8 Å². The number of nitrogens with one attached hydrogen (secondary N) is 2. The topological polar surface area (TPSA) is 54.1 Å². The van der Waals surface area contributed by atoms with E-state index < -0.39 is 18.2 Å². The summed E-state index contributed by atoms with van der Waals surface area (Å²) < 4.78 is 42.3. The second kappa shape index (κ2) is 5.55. The van der Waals surface area contributed by atoms with Gasteiger partial charge in [-0.2, -0.15) is 8.78 Å². The molecule has 0 spiro atoms. The van der Waals surface area contributed by atoms with Crippen LogP contribution in [-0.2, 0) is 0 Å². The maximum atomic E-state index is 13.8. The smallest absolute Gasteiger partial charge is 0.387 e. The molecule has 1 heterocycles. The zero-order chi connectivity index (χ0) is 15.9. The van der Waals surface area contributed by atoms with Crippen LogP contribution in [0.2, 0.25) is 0 Å². The van der Waals surface area contributed by atoms with Gasteiger partial charge in [-0.05, 0) is 31.7 Å². The Labute approximate surface area is 124 Å². The Kier molecular flexibility index (Phi) is 3.72. The van der Waals surface area contributed by atoms with Gasteiger partial charge < -0.3 is 15.0 Å². The van der Waals surface area contributed by atoms with Crippen molar-refractivity contribution in [2.75, 3.05) is 0 Å². The summed E-state index contributed by atoms with van der Waals surface area (Å²) in [6.45, 7) is -1.18. The number of benzene rings is 1. The quantitative estimate of drug-likeness (QED) is 0.888. The highest BCUT2D eigenvalue weighted by Gasteiger charge is 2.29. The predicted molar refractivity (Wildman–Crippen MR) is 74.5 cm³/mol. The van der Waals surface area contributed by atoms with Gasteiger partial charge in [0.05, 0.1) is 11.1 Å². The van der Waals surface area contributed by atoms with Gasteiger partial charge in [0, 0.05) is 23.7 Å². The first-order chi connectivity index (χ1) is 10.5. The summed E-state index contributed by atoms with van der Waals surface area (Å²) in [5.74, 6) is -1.30. The lowest BCUT2D eigenvalue weighted by Crippen LogP contribution is -2.33. The predicted octanol–water partition coefficient (Wildman–Crippen LogP) is 3.44. The number of aromatic amines is 1. The third kappa shape index (κ3) is 2.88. The van der Waals surface area contributed by atoms with Crippen LogP contribution in [0, 0.1) is 11.7 Å². The molecule has 1 aromatic heterocycles. The molecule has 0 unspecified atom stereocenters. The molecule has 1 saturated carbocycles. The molecule has 3 rings (SSSR count). The first-order valence-electron chi connectivity index (χ1n) is 7.02. The minimum Gasteiger partial charge on any atom is -0.432 e. The van der Waals surface area contributed by atoms with E-state index in [4.69, 9.17) is 0 Å². The number of carbonyl (C=O) groups is 1. The Bertz CT molecular complexity index is 710. The van der Waals surface area contributed by atoms with Gasteiger partial charge in [-0.15, -0.1) is 0 Å². The van der Waals surface area contributed by atoms with Crippen molar-refractivity contribution >= 4 is 16.8 Å². The number of aromatic nitrogens is 1. The fourth-order valence-corrected chi connectivity index (χ4v) is 2.50. The van der Waals surface area contributed by atoms with Crippen molar-refractivity contribution in [1.82, 2.24) is 10.3 Å². The number of rotatable bonds is 5. The molecule has 2 N–H and O–H groups in total. The Morgan fingerprint density at radius 2 is 2.14 bits per heavy atom. The lowest BCUT2D eigenvalue weighted by atomic mass is 10.1. The van der Waals surface area contributed by atoms with E-state index in [9.17, 15) is 18.0 Å². The van der Waals surface area contributed by atoms with E-state index >= 15 is 0 Å². The van der Waals surface area contributed by atoms with Crippen LogP contribution < -0.4 is 10.1 Å². The van der Waals surface area contributed by atoms with E-state index in [1.807, 2.05) is 6.92 Å². The number of amides is 1. The van der Waals surface area contributed by atoms with E-state index in [2.05, 4.69) is 15.0 Å². The van der Waals surface area contributed by atoms with Gasteiger partial charge in [-0.3, -0.25) is 4.79 Å². The first kappa shape index (κ1) is 14.7. The lowest BCUT2D eigenvalue weighted by molar-refractivity contribution is -0.0520. The van der Waals surface area contributed by atoms with Crippen molar-refractivity contribution in [3.63, 3.8) is 0 Å². The molecular weight excluding hydrogens is 297 g/mol. The molecular formula is C15H15F3N2O2. The Balaban J connectivity index is 1.87. The van der Waals surface area contributed by atoms with Crippen molar-refractivity contribution in [2.45, 2.75) is 32.4 Å². The highest BCUT2D eigenvalue weighted by Crippen LogP contribution is 2.33. The largest absolute Gasteiger partial charge is 0.432 e. The summed E-state index contributed by atoms with van der Waals surface area (Å²) >= 11 is 0. The highest BCUT2D eigenvalue weighted by molar-refractivity contribution is 6.07. The molecule has 1 aliphatic carbocycles. The van der Waals surface area contributed by atoms with Crippen LogP contribution in [0.4, 0.5) is 13.2 Å². The minimum atomic E-state index is -3.11. The normalized spacial score (nSPS) is 16.0. The molecule has 2 aromatic rings. The third-order valence-corrected chi connectivity index (χ3v) is 3.88. The van der Waals surface area contributed by atoms with E-state index in [1.165, 1.54) is 6.20 Å². The maximum absolute atomic E-state index is 13.8. The second-order valence-corrected chi connectivity index (χ2v) is 5.51. The van der Waals surface area contributed by atoms with Gasteiger partial charge >= 0.3 is 6.61 Å². The molecule has 1 aliphatic rings. The van der Waals surface area contributed by atoms with Crippen LogP contribution in [-0.4, -0.2) is 23.5 Å². The van der Waals surface area contributed by atoms with Crippen molar-refractivity contribution in [3.05, 3.63) is 29.7 Å². The van der Waals surface area contributed by atoms with Crippen LogP contribution >= 0.6 is 0 Å². The number of hydrogen-bond acceptors (Lipinski definition) is 2. The Hall–Kier alpha value is -2.18. The zero-order valence-corrected chi connectivity index (χ0v) is 11.8. The summed E-state index contributed by atoms with van der Waals surface area (Å²) in [6.07, 6.45) is 3.63. The molecule has 1 atom stereocenters. The highest BCUT2D eigenvalue weighted by atomic mass is 19.3. The molecule has 7 heteroatoms. The Morgan fingerprint density at radius 1 is 1.41 bits per heavy atom. The van der Waals surface area contributed by atoms with Gasteiger partial charge in [0.2, 0.25) is 0 Å². The number of fused-ring (bicyclic) bond motifs is 1. The van der Waals surface area contributed by atoms with Crippen LogP contribution in [0.5, 0.6) is 5.75 Å². The molecule has 0 bridgehead atoms. The molecule has 1 fully saturated rings. The van der Waals surface area contributed by atoms with Crippen LogP contribution in [0.25, 0.3) is 10.9 Å². The van der Waals surface area contributed by atoms with Gasteiger partial charge in [-0.25, -0.2) is 4.39 Å². The molecule has 1 aromatic carbocycles. The SMILES string of the molecule is C[C@@H](NC(=O)c1c[nH]c2cc(OC(F)F)c(F)cc12)C1CC1. The fraction of sp³-hybridized carbons (Fsp3) is 0.400. The molecule has 4 nitrogen and oxygen atoms in total. The van der Waals surface area contributed by atoms with Gasteiger partial charge in [0.25, 0.3) is 5.91 Å². The average Bonchev–Trinajstić information content (AvgIpc) is 3.21. The first-order valence-corrected chi connectivity index (χ1v) is 7.02. The monoisotopic (exact) mass is 312 g/mol. The molecule has 1 amide bonds. The number of carbonyl (C=O) groups excluding carboxylic acids is 1. The minimum absolute atomic E-state index is 0.0590. The van der Waals surface area contributed by atoms with Crippen molar-refractivity contribution in [3.8, 4) is 5.75 Å². The summed E-state index contributed by atoms with van der Waals surface area (Å²) in [7, 11) is 0. The number of hydrogen-bond donors (Lipinski definition) is 2. The van der Waals surface area contributed by atoms with Crippen LogP contribution in [0.3, 0.4) is 0 Å². The molecule has 0 radical (unpaired) electrons. The van der Waals surface area contributed by atoms with Gasteiger partial charge in [0.1, 0.15) is 0 Å². The van der Waals surface area contributed by atoms with E-state index in [-0.39, 0.29) is 17.5 Å². The van der Waals surface area contributed by atoms with Gasteiger partial charge in [0.15, 0.2) is 11.6 Å². The molecule has 0 aliphatic heterocycles. The number of ether oxygens (including phenoxy) is 1. The zero-order valence-electron chi connectivity index (χ0n) is 11.8. The van der Waals surface area contributed by atoms with Gasteiger partial charge in [-0.1, -0.05) is 0 Å². The van der Waals surface area contributed by atoms with Crippen molar-refractivity contribution in [2.24, 2.45) is 5.92 Å². The summed E-state index contributed by atoms with van der Waals surface area (Å²) in [6, 6.07) is 2.21. The molecule has 22 heavy (non-hydrogen) atoms. The Morgan fingerprint density at radius 3 is 2.77 bits per heavy atom. The lowest BCUT2D eigenvalue weighted by Gasteiger charge is -2.12.